The van der Waals surface area contributed by atoms with Crippen molar-refractivity contribution in [2.75, 3.05) is 27.1 Å². The fraction of sp³-hybridized carbons (Fsp3) is 0.286. The van der Waals surface area contributed by atoms with Gasteiger partial charge in [0.15, 0.2) is 11.5 Å². The molecule has 8 nitrogen and oxygen atoms in total. The number of nitrogens with one attached hydrogen (secondary N) is 1. The molecule has 0 bridgehead atoms. The average Bonchev–Trinajstić information content (AvgIpc) is 2.54. The van der Waals surface area contributed by atoms with Crippen molar-refractivity contribution in [3.8, 4) is 17.2 Å². The van der Waals surface area contributed by atoms with Gasteiger partial charge in [0.05, 0.1) is 21.3 Å². The molecule has 0 fully saturated rings. The third kappa shape index (κ3) is 2.76. The maximum absolute atomic E-state index is 9.62. The first-order valence-corrected chi connectivity index (χ1v) is 6.41. The number of benzene rings is 1. The second-order valence-electron chi connectivity index (χ2n) is 4.51. The van der Waals surface area contributed by atoms with E-state index < -0.39 is 0 Å². The Morgan fingerprint density at radius 1 is 1.18 bits per heavy atom. The number of nitrogens with zero attached hydrogens (tertiary/aromatic N) is 2. The van der Waals surface area contributed by atoms with E-state index in [9.17, 15) is 5.21 Å². The lowest BCUT2D eigenvalue weighted by molar-refractivity contribution is 0.171. The monoisotopic (exact) mass is 306 g/mol. The van der Waals surface area contributed by atoms with Crippen LogP contribution in [0.1, 0.15) is 11.1 Å². The second-order valence-corrected chi connectivity index (χ2v) is 4.51. The van der Waals surface area contributed by atoms with Crippen molar-refractivity contribution in [1.29, 1.82) is 5.41 Å². The van der Waals surface area contributed by atoms with Crippen LogP contribution in [0.15, 0.2) is 18.3 Å². The minimum absolute atomic E-state index is 0.0637. The minimum Gasteiger partial charge on any atom is -0.493 e. The molecule has 2 rings (SSSR count). The molecule has 0 saturated heterocycles. The van der Waals surface area contributed by atoms with E-state index in [2.05, 4.69) is 4.98 Å². The largest absolute Gasteiger partial charge is 0.493 e. The number of hydrogen-bond acceptors (Lipinski definition) is 7. The Bertz CT molecular complexity index is 717. The third-order valence-electron chi connectivity index (χ3n) is 3.22. The van der Waals surface area contributed by atoms with Crippen molar-refractivity contribution >= 4 is 5.82 Å². The molecule has 1 aromatic heterocycles. The Balaban J connectivity index is 2.46. The summed E-state index contributed by atoms with van der Waals surface area (Å²) in [6.45, 7) is 0. The Morgan fingerprint density at radius 3 is 2.27 bits per heavy atom. The van der Waals surface area contributed by atoms with Crippen LogP contribution in [0.4, 0.5) is 5.82 Å². The quantitative estimate of drug-likeness (QED) is 0.704. The molecule has 8 heteroatoms. The number of nitrogen functional groups attached to an aromatic ring is 1. The van der Waals surface area contributed by atoms with Gasteiger partial charge in [0.25, 0.3) is 5.62 Å². The molecular formula is C14H18N4O4. The van der Waals surface area contributed by atoms with Crippen LogP contribution in [-0.4, -0.2) is 36.3 Å². The summed E-state index contributed by atoms with van der Waals surface area (Å²) in [6, 6.07) is 3.58. The van der Waals surface area contributed by atoms with Crippen LogP contribution in [-0.2, 0) is 6.42 Å². The summed E-state index contributed by atoms with van der Waals surface area (Å²) in [5.41, 5.74) is 6.88. The highest BCUT2D eigenvalue weighted by Crippen LogP contribution is 2.38. The molecule has 0 aliphatic carbocycles. The van der Waals surface area contributed by atoms with E-state index in [0.29, 0.717) is 34.0 Å². The lowest BCUT2D eigenvalue weighted by Gasteiger charge is -2.14. The number of aromatic nitrogens is 2. The maximum atomic E-state index is 9.62. The van der Waals surface area contributed by atoms with Gasteiger partial charge in [-0.3, -0.25) is 5.41 Å². The van der Waals surface area contributed by atoms with Crippen LogP contribution in [0.3, 0.4) is 0 Å². The Morgan fingerprint density at radius 2 is 1.77 bits per heavy atom. The van der Waals surface area contributed by atoms with Gasteiger partial charge in [0.1, 0.15) is 5.82 Å². The molecule has 0 saturated carbocycles. The summed E-state index contributed by atoms with van der Waals surface area (Å²) in [5.74, 6) is 1.61. The van der Waals surface area contributed by atoms with Gasteiger partial charge < -0.3 is 25.2 Å². The summed E-state index contributed by atoms with van der Waals surface area (Å²) < 4.78 is 16.4. The number of methoxy groups -OCH3 is 3. The van der Waals surface area contributed by atoms with Crippen molar-refractivity contribution in [2.45, 2.75) is 6.42 Å². The molecule has 0 radical (unpaired) electrons. The summed E-state index contributed by atoms with van der Waals surface area (Å²) in [4.78, 5) is 3.77. The topological polar surface area (TPSA) is 116 Å². The molecule has 118 valence electrons. The van der Waals surface area contributed by atoms with Crippen molar-refractivity contribution in [1.82, 2.24) is 9.71 Å². The summed E-state index contributed by atoms with van der Waals surface area (Å²) in [5, 5.41) is 17.0. The van der Waals surface area contributed by atoms with Crippen LogP contribution in [0.5, 0.6) is 17.2 Å². The normalized spacial score (nSPS) is 10.3. The predicted molar refractivity (Wildman–Crippen MR) is 78.6 cm³/mol. The van der Waals surface area contributed by atoms with Crippen molar-refractivity contribution in [3.63, 3.8) is 0 Å². The fourth-order valence-electron chi connectivity index (χ4n) is 2.10. The van der Waals surface area contributed by atoms with E-state index in [0.717, 1.165) is 5.56 Å². The van der Waals surface area contributed by atoms with Crippen molar-refractivity contribution in [2.24, 2.45) is 0 Å². The summed E-state index contributed by atoms with van der Waals surface area (Å²) >= 11 is 0. The van der Waals surface area contributed by atoms with E-state index in [1.807, 2.05) is 0 Å². The van der Waals surface area contributed by atoms with Crippen LogP contribution < -0.4 is 25.6 Å². The highest BCUT2D eigenvalue weighted by Gasteiger charge is 2.15. The molecule has 22 heavy (non-hydrogen) atoms. The van der Waals surface area contributed by atoms with Gasteiger partial charge in [0.2, 0.25) is 5.75 Å². The van der Waals surface area contributed by atoms with Gasteiger partial charge in [-0.05, 0) is 17.7 Å². The summed E-state index contributed by atoms with van der Waals surface area (Å²) in [6.07, 6.45) is 1.84. The van der Waals surface area contributed by atoms with Gasteiger partial charge in [-0.1, -0.05) is 0 Å². The first kappa shape index (κ1) is 15.5. The number of ether oxygens (including phenoxy) is 3. The van der Waals surface area contributed by atoms with Crippen molar-refractivity contribution < 1.29 is 19.4 Å². The molecule has 2 aromatic rings. The molecule has 4 N–H and O–H groups in total. The molecule has 0 amide bonds. The molecule has 1 aromatic carbocycles. The van der Waals surface area contributed by atoms with E-state index in [1.54, 1.807) is 12.1 Å². The molecular weight excluding hydrogens is 288 g/mol. The number of nitrogens with two attached hydrogens (primary N) is 1. The van der Waals surface area contributed by atoms with Crippen LogP contribution in [0.25, 0.3) is 0 Å². The van der Waals surface area contributed by atoms with E-state index >= 15 is 0 Å². The number of anilines is 1. The van der Waals surface area contributed by atoms with Gasteiger partial charge in [-0.15, -0.1) is 4.73 Å². The zero-order chi connectivity index (χ0) is 16.3. The molecule has 0 spiro atoms. The fourth-order valence-corrected chi connectivity index (χ4v) is 2.10. The summed E-state index contributed by atoms with van der Waals surface area (Å²) in [7, 11) is 4.60. The molecule has 0 atom stereocenters. The first-order valence-electron chi connectivity index (χ1n) is 6.41. The van der Waals surface area contributed by atoms with Crippen LogP contribution >= 0.6 is 0 Å². The molecule has 0 aliphatic rings. The highest BCUT2D eigenvalue weighted by atomic mass is 16.5. The highest BCUT2D eigenvalue weighted by molar-refractivity contribution is 5.55. The van der Waals surface area contributed by atoms with Crippen molar-refractivity contribution in [3.05, 3.63) is 35.1 Å². The lowest BCUT2D eigenvalue weighted by Crippen LogP contribution is -2.24. The minimum atomic E-state index is -0.328. The molecule has 0 aliphatic heterocycles. The van der Waals surface area contributed by atoms with Gasteiger partial charge in [-0.25, -0.2) is 4.98 Å². The molecule has 0 unspecified atom stereocenters. The van der Waals surface area contributed by atoms with Crippen LogP contribution in [0.2, 0.25) is 0 Å². The van der Waals surface area contributed by atoms with E-state index in [1.165, 1.54) is 27.5 Å². The maximum Gasteiger partial charge on any atom is 0.257 e. The SMILES string of the molecule is COc1cc(Cc2cnc(=N)n(O)c2N)cc(OC)c1OC. The lowest BCUT2D eigenvalue weighted by atomic mass is 10.1. The van der Waals surface area contributed by atoms with Gasteiger partial charge in [-0.2, -0.15) is 0 Å². The zero-order valence-corrected chi connectivity index (χ0v) is 12.6. The number of rotatable bonds is 5. The number of hydrogen-bond donors (Lipinski definition) is 3. The van der Waals surface area contributed by atoms with Gasteiger partial charge >= 0.3 is 0 Å². The Hall–Kier alpha value is -2.90. The van der Waals surface area contributed by atoms with Gasteiger partial charge in [0, 0.05) is 18.2 Å². The Labute approximate surface area is 127 Å². The smallest absolute Gasteiger partial charge is 0.257 e. The first-order chi connectivity index (χ1) is 10.5. The zero-order valence-electron chi connectivity index (χ0n) is 12.6. The predicted octanol–water partition coefficient (Wildman–Crippen LogP) is 0.799. The standard InChI is InChI=1S/C14H18N4O4/c1-20-10-5-8(6-11(21-2)12(10)22-3)4-9-7-17-14(16)18(19)13(9)15/h5-7,16,19H,4,15H2,1-3H3. The average molecular weight is 306 g/mol. The molecule has 1 heterocycles. The van der Waals surface area contributed by atoms with Crippen LogP contribution in [0, 0.1) is 5.41 Å². The Kier molecular flexibility index (Phi) is 4.40. The second kappa shape index (κ2) is 6.25. The van der Waals surface area contributed by atoms with E-state index in [-0.39, 0.29) is 11.4 Å². The third-order valence-corrected chi connectivity index (χ3v) is 3.22. The van der Waals surface area contributed by atoms with E-state index in [4.69, 9.17) is 25.4 Å².